The van der Waals surface area contributed by atoms with E-state index in [0.717, 1.165) is 12.8 Å². The maximum absolute atomic E-state index is 11.6. The van der Waals surface area contributed by atoms with Crippen LogP contribution in [-0.4, -0.2) is 32.1 Å². The normalized spacial score (nSPS) is 13.5. The number of hydrogen-bond donors (Lipinski definition) is 2. The third kappa shape index (κ3) is 6.64. The number of nitrogens with zero attached hydrogens (tertiary/aromatic N) is 1. The number of carbonyl (C=O) groups excluding carboxylic acids is 1. The molecule has 0 aliphatic carbocycles. The molecule has 0 spiro atoms. The lowest BCUT2D eigenvalue weighted by molar-refractivity contribution is 0.0599. The van der Waals surface area contributed by atoms with E-state index in [4.69, 9.17) is 9.15 Å². The largest absolute Gasteiger partial charge is 0.465 e. The number of hydrogen-bond acceptors (Lipinski definition) is 4. The summed E-state index contributed by atoms with van der Waals surface area (Å²) in [4.78, 5) is 15.8. The molecule has 24 heavy (non-hydrogen) atoms. The Bertz CT molecular complexity index is 571. The first-order valence-electron chi connectivity index (χ1n) is 8.31. The predicted octanol–water partition coefficient (Wildman–Crippen LogP) is 3.25. The molecule has 1 atom stereocenters. The average molecular weight is 337 g/mol. The second-order valence-electron chi connectivity index (χ2n) is 7.24. The van der Waals surface area contributed by atoms with Crippen molar-refractivity contribution in [2.24, 2.45) is 10.4 Å². The number of guanidine groups is 1. The molecule has 6 heteroatoms. The van der Waals surface area contributed by atoms with Crippen molar-refractivity contribution >= 4 is 11.9 Å². The molecule has 0 fully saturated rings. The van der Waals surface area contributed by atoms with Crippen LogP contribution in [0.3, 0.4) is 0 Å². The van der Waals surface area contributed by atoms with Crippen LogP contribution in [0.1, 0.15) is 62.4 Å². The fourth-order valence-corrected chi connectivity index (χ4v) is 2.26. The average Bonchev–Trinajstić information content (AvgIpc) is 2.88. The van der Waals surface area contributed by atoms with Gasteiger partial charge in [-0.3, -0.25) is 4.99 Å². The van der Waals surface area contributed by atoms with Crippen LogP contribution in [0.15, 0.2) is 15.5 Å². The lowest BCUT2D eigenvalue weighted by atomic mass is 9.89. The molecule has 0 saturated heterocycles. The van der Waals surface area contributed by atoms with E-state index in [0.29, 0.717) is 41.0 Å². The Morgan fingerprint density at radius 2 is 2.08 bits per heavy atom. The summed E-state index contributed by atoms with van der Waals surface area (Å²) in [5.41, 5.74) is 0.777. The van der Waals surface area contributed by atoms with Crippen LogP contribution < -0.4 is 10.6 Å². The third-order valence-corrected chi connectivity index (χ3v) is 3.74. The topological polar surface area (TPSA) is 75.9 Å². The summed E-state index contributed by atoms with van der Waals surface area (Å²) in [6, 6.07) is 2.02. The molecule has 1 unspecified atom stereocenters. The monoisotopic (exact) mass is 337 g/mol. The molecule has 0 bridgehead atoms. The molecule has 1 aromatic heterocycles. The van der Waals surface area contributed by atoms with Crippen molar-refractivity contribution < 1.29 is 13.9 Å². The highest BCUT2D eigenvalue weighted by atomic mass is 16.5. The number of rotatable bonds is 6. The van der Waals surface area contributed by atoms with E-state index >= 15 is 0 Å². The summed E-state index contributed by atoms with van der Waals surface area (Å²) >= 11 is 0. The minimum absolute atomic E-state index is 0.319. The molecule has 0 aliphatic rings. The zero-order chi connectivity index (χ0) is 18.3. The first-order chi connectivity index (χ1) is 11.2. The molecule has 1 heterocycles. The van der Waals surface area contributed by atoms with Crippen molar-refractivity contribution in [2.45, 2.75) is 60.0 Å². The summed E-state index contributed by atoms with van der Waals surface area (Å²) in [5.74, 6) is 1.55. The molecule has 0 saturated carbocycles. The summed E-state index contributed by atoms with van der Waals surface area (Å²) in [5, 5.41) is 6.57. The van der Waals surface area contributed by atoms with Crippen LogP contribution in [-0.2, 0) is 11.3 Å². The quantitative estimate of drug-likeness (QED) is 0.473. The van der Waals surface area contributed by atoms with Gasteiger partial charge in [0, 0.05) is 13.1 Å². The summed E-state index contributed by atoms with van der Waals surface area (Å²) in [7, 11) is 3.09. The number of furan rings is 1. The Labute approximate surface area is 145 Å². The number of aryl methyl sites for hydroxylation is 1. The van der Waals surface area contributed by atoms with Gasteiger partial charge in [-0.15, -0.1) is 0 Å². The van der Waals surface area contributed by atoms with E-state index in [9.17, 15) is 4.79 Å². The van der Waals surface area contributed by atoms with E-state index in [-0.39, 0.29) is 5.97 Å². The second-order valence-corrected chi connectivity index (χ2v) is 7.24. The Kier molecular flexibility index (Phi) is 7.32. The standard InChI is InChI=1S/C18H31N3O3/c1-12(8-9-18(3,4)5)21-17(19-6)20-11-14-10-15(13(2)24-14)16(22)23-7/h10,12H,8-9,11H2,1-7H3,(H2,19,20,21). The molecular weight excluding hydrogens is 306 g/mol. The van der Waals surface area contributed by atoms with E-state index in [2.05, 4.69) is 43.3 Å². The highest BCUT2D eigenvalue weighted by molar-refractivity contribution is 5.90. The lowest BCUT2D eigenvalue weighted by Crippen LogP contribution is -2.42. The Balaban J connectivity index is 2.54. The summed E-state index contributed by atoms with van der Waals surface area (Å²) < 4.78 is 10.3. The number of carbonyl (C=O) groups is 1. The van der Waals surface area contributed by atoms with Crippen molar-refractivity contribution in [3.05, 3.63) is 23.2 Å². The molecule has 0 aliphatic heterocycles. The van der Waals surface area contributed by atoms with Crippen LogP contribution in [0.2, 0.25) is 0 Å². The van der Waals surface area contributed by atoms with E-state index in [1.807, 2.05) is 0 Å². The molecule has 136 valence electrons. The third-order valence-electron chi connectivity index (χ3n) is 3.74. The van der Waals surface area contributed by atoms with Crippen LogP contribution in [0.4, 0.5) is 0 Å². The predicted molar refractivity (Wildman–Crippen MR) is 96.3 cm³/mol. The fourth-order valence-electron chi connectivity index (χ4n) is 2.26. The van der Waals surface area contributed by atoms with Crippen LogP contribution in [0, 0.1) is 12.3 Å². The Hall–Kier alpha value is -1.98. The van der Waals surface area contributed by atoms with Gasteiger partial charge in [0.15, 0.2) is 5.96 Å². The molecule has 6 nitrogen and oxygen atoms in total. The van der Waals surface area contributed by atoms with Gasteiger partial charge in [0.25, 0.3) is 0 Å². The van der Waals surface area contributed by atoms with Crippen molar-refractivity contribution in [3.8, 4) is 0 Å². The minimum Gasteiger partial charge on any atom is -0.465 e. The molecular formula is C18H31N3O3. The van der Waals surface area contributed by atoms with Crippen LogP contribution >= 0.6 is 0 Å². The van der Waals surface area contributed by atoms with Gasteiger partial charge in [-0.2, -0.15) is 0 Å². The number of ether oxygens (including phenoxy) is 1. The van der Waals surface area contributed by atoms with E-state index in [1.165, 1.54) is 7.11 Å². The molecule has 1 rings (SSSR count). The Morgan fingerprint density at radius 3 is 2.62 bits per heavy atom. The zero-order valence-corrected chi connectivity index (χ0v) is 15.9. The molecule has 1 aromatic rings. The van der Waals surface area contributed by atoms with Gasteiger partial charge in [0.1, 0.15) is 17.1 Å². The smallest absolute Gasteiger partial charge is 0.341 e. The van der Waals surface area contributed by atoms with Gasteiger partial charge >= 0.3 is 5.97 Å². The number of nitrogens with one attached hydrogen (secondary N) is 2. The van der Waals surface area contributed by atoms with Crippen LogP contribution in [0.5, 0.6) is 0 Å². The zero-order valence-electron chi connectivity index (χ0n) is 15.9. The van der Waals surface area contributed by atoms with Gasteiger partial charge < -0.3 is 19.8 Å². The van der Waals surface area contributed by atoms with Gasteiger partial charge in [-0.1, -0.05) is 20.8 Å². The van der Waals surface area contributed by atoms with Crippen molar-refractivity contribution in [1.29, 1.82) is 0 Å². The van der Waals surface area contributed by atoms with E-state index in [1.54, 1.807) is 20.0 Å². The van der Waals surface area contributed by atoms with E-state index < -0.39 is 0 Å². The first kappa shape index (κ1) is 20.1. The molecule has 2 N–H and O–H groups in total. The molecule has 0 aromatic carbocycles. The highest BCUT2D eigenvalue weighted by Gasteiger charge is 2.16. The van der Waals surface area contributed by atoms with Crippen molar-refractivity contribution in [1.82, 2.24) is 10.6 Å². The van der Waals surface area contributed by atoms with Gasteiger partial charge in [0.05, 0.1) is 13.7 Å². The first-order valence-corrected chi connectivity index (χ1v) is 8.31. The van der Waals surface area contributed by atoms with Gasteiger partial charge in [-0.05, 0) is 38.2 Å². The minimum atomic E-state index is -0.388. The fraction of sp³-hybridized carbons (Fsp3) is 0.667. The number of esters is 1. The number of methoxy groups -OCH3 is 1. The maximum atomic E-state index is 11.6. The highest BCUT2D eigenvalue weighted by Crippen LogP contribution is 2.21. The molecule has 0 amide bonds. The van der Waals surface area contributed by atoms with Gasteiger partial charge in [-0.25, -0.2) is 4.79 Å². The summed E-state index contributed by atoms with van der Waals surface area (Å²) in [6.07, 6.45) is 2.20. The van der Waals surface area contributed by atoms with Crippen LogP contribution in [0.25, 0.3) is 0 Å². The molecule has 0 radical (unpaired) electrons. The maximum Gasteiger partial charge on any atom is 0.341 e. The SMILES string of the molecule is CN=C(NCc1cc(C(=O)OC)c(C)o1)NC(C)CCC(C)(C)C. The summed E-state index contributed by atoms with van der Waals surface area (Å²) in [6.45, 7) is 11.1. The van der Waals surface area contributed by atoms with Crippen molar-refractivity contribution in [3.63, 3.8) is 0 Å². The van der Waals surface area contributed by atoms with Gasteiger partial charge in [0.2, 0.25) is 0 Å². The number of aliphatic imine (C=N–C) groups is 1. The second kappa shape index (κ2) is 8.76. The van der Waals surface area contributed by atoms with Crippen molar-refractivity contribution in [2.75, 3.05) is 14.2 Å². The lowest BCUT2D eigenvalue weighted by Gasteiger charge is -2.22. The Morgan fingerprint density at radius 1 is 1.42 bits per heavy atom.